The van der Waals surface area contributed by atoms with Crippen LogP contribution in [-0.2, 0) is 26.8 Å². The molecule has 1 amide bonds. The monoisotopic (exact) mass is 378 g/mol. The zero-order valence-electron chi connectivity index (χ0n) is 14.3. The van der Waals surface area contributed by atoms with Crippen LogP contribution in [0.3, 0.4) is 0 Å². The molecular weight excluding hydrogens is 358 g/mol. The molecule has 0 unspecified atom stereocenters. The number of hydrogen-bond acceptors (Lipinski definition) is 4. The average molecular weight is 378 g/mol. The third-order valence-electron chi connectivity index (χ3n) is 4.44. The summed E-state index contributed by atoms with van der Waals surface area (Å²) < 4.78 is 35.2. The summed E-state index contributed by atoms with van der Waals surface area (Å²) in [7, 11) is -3.88. The van der Waals surface area contributed by atoms with Crippen molar-refractivity contribution in [3.8, 4) is 0 Å². The first kappa shape index (κ1) is 18.7. The summed E-state index contributed by atoms with van der Waals surface area (Å²) in [6.45, 7) is 1.88. The number of carbonyl (C=O) groups excluding carboxylic acids is 1. The maximum Gasteiger partial charge on any atom is 0.306 e. The number of carbonyl (C=O) groups is 1. The standard InChI is InChI=1S/C18H20FN2O4P/c1-2-25-26(24,17-10-6-5-9-15(17)19)21-12-14-8-4-3-7-13(14)11-16(21)18(22)20-23/h3-10,16,23H,2,11-12H2,1H3,(H,20,22)/t16-,26-/m1/s1. The predicted octanol–water partition coefficient (Wildman–Crippen LogP) is 2.61. The van der Waals surface area contributed by atoms with E-state index < -0.39 is 25.3 Å². The third-order valence-corrected chi connectivity index (χ3v) is 7.11. The zero-order valence-corrected chi connectivity index (χ0v) is 15.2. The molecule has 26 heavy (non-hydrogen) atoms. The van der Waals surface area contributed by atoms with Gasteiger partial charge in [-0.3, -0.25) is 14.6 Å². The molecule has 3 rings (SSSR count). The molecule has 0 fully saturated rings. The highest BCUT2D eigenvalue weighted by molar-refractivity contribution is 7.64. The van der Waals surface area contributed by atoms with E-state index >= 15 is 0 Å². The molecule has 0 radical (unpaired) electrons. The molecule has 0 aliphatic carbocycles. The number of halogens is 1. The molecule has 6 nitrogen and oxygen atoms in total. The van der Waals surface area contributed by atoms with Gasteiger partial charge in [0.2, 0.25) is 0 Å². The Balaban J connectivity index is 2.13. The second kappa shape index (κ2) is 7.68. The van der Waals surface area contributed by atoms with Crippen molar-refractivity contribution in [1.29, 1.82) is 0 Å². The normalized spacial score (nSPS) is 19.4. The Morgan fingerprint density at radius 1 is 1.27 bits per heavy atom. The summed E-state index contributed by atoms with van der Waals surface area (Å²) in [5, 5.41) is 9.06. The Bertz CT molecular complexity index is 861. The van der Waals surface area contributed by atoms with Crippen molar-refractivity contribution in [1.82, 2.24) is 10.2 Å². The minimum atomic E-state index is -3.88. The van der Waals surface area contributed by atoms with E-state index in [1.807, 2.05) is 24.3 Å². The van der Waals surface area contributed by atoms with Crippen LogP contribution in [0, 0.1) is 5.82 Å². The van der Waals surface area contributed by atoms with Gasteiger partial charge in [-0.25, -0.2) is 14.5 Å². The summed E-state index contributed by atoms with van der Waals surface area (Å²) in [6, 6.07) is 12.2. The largest absolute Gasteiger partial charge is 0.314 e. The molecule has 1 aliphatic rings. The summed E-state index contributed by atoms with van der Waals surface area (Å²) in [5.41, 5.74) is 3.42. The van der Waals surface area contributed by atoms with Crippen molar-refractivity contribution >= 4 is 18.7 Å². The lowest BCUT2D eigenvalue weighted by atomic mass is 9.95. The van der Waals surface area contributed by atoms with Gasteiger partial charge in [0.1, 0.15) is 11.9 Å². The topological polar surface area (TPSA) is 78.9 Å². The van der Waals surface area contributed by atoms with Crippen LogP contribution in [0.4, 0.5) is 4.39 Å². The molecule has 2 atom stereocenters. The number of hydrogen-bond donors (Lipinski definition) is 2. The predicted molar refractivity (Wildman–Crippen MR) is 94.7 cm³/mol. The third kappa shape index (κ3) is 3.31. The van der Waals surface area contributed by atoms with Gasteiger partial charge >= 0.3 is 7.52 Å². The van der Waals surface area contributed by atoms with E-state index in [4.69, 9.17) is 9.73 Å². The van der Waals surface area contributed by atoms with Crippen molar-refractivity contribution in [2.75, 3.05) is 6.61 Å². The SMILES string of the molecule is CCO[P@](=O)(c1ccccc1F)N1Cc2ccccc2C[C@@H]1C(=O)NO. The fraction of sp³-hybridized carbons (Fsp3) is 0.278. The van der Waals surface area contributed by atoms with Crippen LogP contribution in [0.1, 0.15) is 18.1 Å². The van der Waals surface area contributed by atoms with E-state index in [1.54, 1.807) is 18.5 Å². The first-order valence-electron chi connectivity index (χ1n) is 8.28. The highest BCUT2D eigenvalue weighted by Crippen LogP contribution is 2.54. The number of fused-ring (bicyclic) bond motifs is 1. The molecule has 0 saturated heterocycles. The Labute approximate surface area is 151 Å². The van der Waals surface area contributed by atoms with Crippen molar-refractivity contribution < 1.29 is 23.5 Å². The Morgan fingerprint density at radius 3 is 2.58 bits per heavy atom. The van der Waals surface area contributed by atoms with E-state index in [1.165, 1.54) is 22.9 Å². The van der Waals surface area contributed by atoms with Crippen LogP contribution in [0.25, 0.3) is 0 Å². The highest BCUT2D eigenvalue weighted by atomic mass is 31.2. The number of nitrogens with zero attached hydrogens (tertiary/aromatic N) is 1. The van der Waals surface area contributed by atoms with Crippen LogP contribution in [0.15, 0.2) is 48.5 Å². The molecular formula is C18H20FN2O4P. The number of rotatable bonds is 5. The summed E-state index contributed by atoms with van der Waals surface area (Å²) in [6.07, 6.45) is 0.230. The second-order valence-corrected chi connectivity index (χ2v) is 8.25. The first-order valence-corrected chi connectivity index (χ1v) is 9.86. The molecule has 138 valence electrons. The minimum Gasteiger partial charge on any atom is -0.314 e. The van der Waals surface area contributed by atoms with E-state index in [0.717, 1.165) is 11.1 Å². The van der Waals surface area contributed by atoms with Gasteiger partial charge in [0.05, 0.1) is 11.9 Å². The van der Waals surface area contributed by atoms with Crippen LogP contribution in [0.2, 0.25) is 0 Å². The number of nitrogens with one attached hydrogen (secondary N) is 1. The summed E-state index contributed by atoms with van der Waals surface area (Å²) >= 11 is 0. The van der Waals surface area contributed by atoms with Gasteiger partial charge < -0.3 is 4.52 Å². The van der Waals surface area contributed by atoms with Gasteiger partial charge in [-0.15, -0.1) is 0 Å². The van der Waals surface area contributed by atoms with Crippen molar-refractivity contribution in [3.05, 3.63) is 65.5 Å². The fourth-order valence-corrected chi connectivity index (χ4v) is 5.65. The van der Waals surface area contributed by atoms with Crippen molar-refractivity contribution in [3.63, 3.8) is 0 Å². The van der Waals surface area contributed by atoms with Gasteiger partial charge in [0, 0.05) is 6.54 Å². The first-order chi connectivity index (χ1) is 12.5. The maximum absolute atomic E-state index is 14.4. The molecule has 2 aromatic carbocycles. The fourth-order valence-electron chi connectivity index (χ4n) is 3.23. The minimum absolute atomic E-state index is 0.0806. The van der Waals surface area contributed by atoms with E-state index in [0.29, 0.717) is 0 Å². The van der Waals surface area contributed by atoms with Crippen LogP contribution >= 0.6 is 7.52 Å². The van der Waals surface area contributed by atoms with Gasteiger partial charge in [-0.05, 0) is 36.6 Å². The van der Waals surface area contributed by atoms with Gasteiger partial charge in [-0.1, -0.05) is 36.4 Å². The quantitative estimate of drug-likeness (QED) is 0.475. The summed E-state index contributed by atoms with van der Waals surface area (Å²) in [4.78, 5) is 12.3. The molecule has 0 saturated carbocycles. The molecule has 0 bridgehead atoms. The Morgan fingerprint density at radius 2 is 1.92 bits per heavy atom. The highest BCUT2D eigenvalue weighted by Gasteiger charge is 2.45. The second-order valence-electron chi connectivity index (χ2n) is 5.95. The van der Waals surface area contributed by atoms with Gasteiger partial charge in [0.15, 0.2) is 0 Å². The molecule has 1 heterocycles. The number of benzene rings is 2. The average Bonchev–Trinajstić information content (AvgIpc) is 2.66. The van der Waals surface area contributed by atoms with Crippen LogP contribution in [-0.4, -0.2) is 28.4 Å². The lowest BCUT2D eigenvalue weighted by molar-refractivity contribution is -0.133. The van der Waals surface area contributed by atoms with E-state index in [-0.39, 0.29) is 24.9 Å². The van der Waals surface area contributed by atoms with Gasteiger partial charge in [0.25, 0.3) is 5.91 Å². The summed E-state index contributed by atoms with van der Waals surface area (Å²) in [5.74, 6) is -1.37. The lowest BCUT2D eigenvalue weighted by Gasteiger charge is -2.39. The van der Waals surface area contributed by atoms with Crippen LogP contribution < -0.4 is 10.8 Å². The maximum atomic E-state index is 14.4. The van der Waals surface area contributed by atoms with Crippen molar-refractivity contribution in [2.24, 2.45) is 0 Å². The van der Waals surface area contributed by atoms with E-state index in [2.05, 4.69) is 0 Å². The smallest absolute Gasteiger partial charge is 0.306 e. The van der Waals surface area contributed by atoms with Gasteiger partial charge in [-0.2, -0.15) is 0 Å². The molecule has 0 spiro atoms. The molecule has 2 aromatic rings. The Hall–Kier alpha value is -2.05. The molecule has 1 aliphatic heterocycles. The zero-order chi connectivity index (χ0) is 18.7. The molecule has 2 N–H and O–H groups in total. The molecule has 8 heteroatoms. The van der Waals surface area contributed by atoms with Crippen molar-refractivity contribution in [2.45, 2.75) is 25.9 Å². The van der Waals surface area contributed by atoms with E-state index in [9.17, 15) is 13.8 Å². The van der Waals surface area contributed by atoms with Crippen LogP contribution in [0.5, 0.6) is 0 Å². The Kier molecular flexibility index (Phi) is 5.53. The lowest BCUT2D eigenvalue weighted by Crippen LogP contribution is -2.49. The molecule has 0 aromatic heterocycles. The number of amides is 1. The number of hydroxylamine groups is 1.